The van der Waals surface area contributed by atoms with Gasteiger partial charge in [0, 0.05) is 12.1 Å². The molecule has 0 bridgehead atoms. The highest BCUT2D eigenvalue weighted by atomic mass is 32.2. The predicted octanol–water partition coefficient (Wildman–Crippen LogP) is 2.84. The van der Waals surface area contributed by atoms with Crippen LogP contribution in [0.15, 0.2) is 47.4 Å². The van der Waals surface area contributed by atoms with E-state index in [1.807, 2.05) is 0 Å². The van der Waals surface area contributed by atoms with Crippen molar-refractivity contribution in [1.29, 1.82) is 0 Å². The molecule has 0 aliphatic heterocycles. The summed E-state index contributed by atoms with van der Waals surface area (Å²) in [5.41, 5.74) is 1.15. The molecule has 0 saturated carbocycles. The van der Waals surface area contributed by atoms with E-state index in [-0.39, 0.29) is 23.6 Å². The lowest BCUT2D eigenvalue weighted by molar-refractivity contribution is 0.282. The minimum atomic E-state index is -3.87. The summed E-state index contributed by atoms with van der Waals surface area (Å²) >= 11 is 0. The van der Waals surface area contributed by atoms with Crippen LogP contribution >= 0.6 is 0 Å². The van der Waals surface area contributed by atoms with Gasteiger partial charge in [0.15, 0.2) is 0 Å². The Morgan fingerprint density at radius 2 is 1.86 bits per heavy atom. The number of hydrogen-bond donors (Lipinski definition) is 1. The lowest BCUT2D eigenvalue weighted by Gasteiger charge is -2.24. The molecule has 0 heterocycles. The Hall–Kier alpha value is -1.92. The van der Waals surface area contributed by atoms with E-state index in [2.05, 4.69) is 0 Å². The Bertz CT molecular complexity index is 775. The van der Waals surface area contributed by atoms with Crippen molar-refractivity contribution in [1.82, 2.24) is 0 Å². The summed E-state index contributed by atoms with van der Waals surface area (Å²) in [5, 5.41) is 9.20. The molecule has 0 atom stereocenters. The van der Waals surface area contributed by atoms with E-state index in [0.29, 0.717) is 11.3 Å². The molecule has 4 nitrogen and oxygen atoms in total. The van der Waals surface area contributed by atoms with Crippen molar-refractivity contribution in [2.45, 2.75) is 25.3 Å². The average molecular weight is 323 g/mol. The van der Waals surface area contributed by atoms with Crippen molar-refractivity contribution in [2.75, 3.05) is 10.8 Å². The molecule has 22 heavy (non-hydrogen) atoms. The van der Waals surface area contributed by atoms with Gasteiger partial charge in [-0.1, -0.05) is 18.2 Å². The van der Waals surface area contributed by atoms with Crippen LogP contribution in [0.2, 0.25) is 0 Å². The third kappa shape index (κ3) is 2.98. The summed E-state index contributed by atoms with van der Waals surface area (Å²) in [6.07, 6.45) is 0. The maximum atomic E-state index is 13.7. The van der Waals surface area contributed by atoms with Gasteiger partial charge in [-0.2, -0.15) is 0 Å². The standard InChI is InChI=1S/C16H18FNO3S/c1-3-18(14-7-4-6-13(10-14)11-19)22(20,21)16-9-5-8-15(17)12(16)2/h4-10,19H,3,11H2,1-2H3. The van der Waals surface area contributed by atoms with E-state index in [4.69, 9.17) is 0 Å². The normalized spacial score (nSPS) is 11.5. The smallest absolute Gasteiger partial charge is 0.264 e. The van der Waals surface area contributed by atoms with Gasteiger partial charge in [0.2, 0.25) is 0 Å². The topological polar surface area (TPSA) is 57.6 Å². The Morgan fingerprint density at radius 3 is 2.50 bits per heavy atom. The SMILES string of the molecule is CCN(c1cccc(CO)c1)S(=O)(=O)c1cccc(F)c1C. The number of halogens is 1. The van der Waals surface area contributed by atoms with E-state index in [1.165, 1.54) is 29.4 Å². The van der Waals surface area contributed by atoms with E-state index in [9.17, 15) is 17.9 Å². The minimum absolute atomic E-state index is 0.0521. The number of sulfonamides is 1. The number of benzene rings is 2. The van der Waals surface area contributed by atoms with E-state index < -0.39 is 15.8 Å². The molecule has 0 radical (unpaired) electrons. The van der Waals surface area contributed by atoms with Gasteiger partial charge in [-0.15, -0.1) is 0 Å². The first-order valence-corrected chi connectivity index (χ1v) is 8.33. The Balaban J connectivity index is 2.56. The molecule has 0 fully saturated rings. The maximum Gasteiger partial charge on any atom is 0.264 e. The second-order valence-corrected chi connectivity index (χ2v) is 6.69. The van der Waals surface area contributed by atoms with Crippen molar-refractivity contribution in [3.8, 4) is 0 Å². The van der Waals surface area contributed by atoms with Crippen LogP contribution < -0.4 is 4.31 Å². The molecule has 1 N–H and O–H groups in total. The van der Waals surface area contributed by atoms with Crippen molar-refractivity contribution in [3.63, 3.8) is 0 Å². The van der Waals surface area contributed by atoms with Gasteiger partial charge in [-0.3, -0.25) is 4.31 Å². The van der Waals surface area contributed by atoms with Crippen molar-refractivity contribution in [2.24, 2.45) is 0 Å². The summed E-state index contributed by atoms with van der Waals surface area (Å²) in [7, 11) is -3.87. The highest BCUT2D eigenvalue weighted by Crippen LogP contribution is 2.27. The number of anilines is 1. The van der Waals surface area contributed by atoms with Gasteiger partial charge >= 0.3 is 0 Å². The predicted molar refractivity (Wildman–Crippen MR) is 83.7 cm³/mol. The number of nitrogens with zero attached hydrogens (tertiary/aromatic N) is 1. The second kappa shape index (κ2) is 6.46. The van der Waals surface area contributed by atoms with Gasteiger partial charge < -0.3 is 5.11 Å². The fourth-order valence-corrected chi connectivity index (χ4v) is 3.99. The van der Waals surface area contributed by atoms with Gasteiger partial charge in [-0.05, 0) is 43.7 Å². The molecule has 2 aromatic carbocycles. The largest absolute Gasteiger partial charge is 0.392 e. The highest BCUT2D eigenvalue weighted by Gasteiger charge is 2.26. The Labute approximate surface area is 129 Å². The number of rotatable bonds is 5. The van der Waals surface area contributed by atoms with Crippen LogP contribution in [0.25, 0.3) is 0 Å². The van der Waals surface area contributed by atoms with E-state index >= 15 is 0 Å². The number of hydrogen-bond acceptors (Lipinski definition) is 3. The van der Waals surface area contributed by atoms with Gasteiger partial charge in [0.05, 0.1) is 17.2 Å². The first kappa shape index (κ1) is 16.5. The van der Waals surface area contributed by atoms with Crippen molar-refractivity contribution in [3.05, 3.63) is 59.4 Å². The second-order valence-electron chi connectivity index (χ2n) is 4.86. The van der Waals surface area contributed by atoms with Gasteiger partial charge in [0.1, 0.15) is 5.82 Å². The first-order valence-electron chi connectivity index (χ1n) is 6.89. The zero-order valence-electron chi connectivity index (χ0n) is 12.5. The average Bonchev–Trinajstić information content (AvgIpc) is 2.50. The summed E-state index contributed by atoms with van der Waals surface area (Å²) in [5.74, 6) is -0.554. The monoisotopic (exact) mass is 323 g/mol. The molecule has 0 unspecified atom stereocenters. The van der Waals surface area contributed by atoms with E-state index in [0.717, 1.165) is 0 Å². The molecule has 0 saturated heterocycles. The molecule has 0 aliphatic carbocycles. The molecular weight excluding hydrogens is 305 g/mol. The third-order valence-corrected chi connectivity index (χ3v) is 5.50. The summed E-state index contributed by atoms with van der Waals surface area (Å²) in [4.78, 5) is -0.0521. The van der Waals surface area contributed by atoms with Crippen LogP contribution in [0, 0.1) is 12.7 Å². The van der Waals surface area contributed by atoms with Gasteiger partial charge in [-0.25, -0.2) is 12.8 Å². The van der Waals surface area contributed by atoms with Crippen LogP contribution in [0.1, 0.15) is 18.1 Å². The first-order chi connectivity index (χ1) is 10.4. The molecule has 118 valence electrons. The summed E-state index contributed by atoms with van der Waals surface area (Å²) in [6, 6.07) is 10.6. The quantitative estimate of drug-likeness (QED) is 0.920. The van der Waals surface area contributed by atoms with Crippen molar-refractivity contribution >= 4 is 15.7 Å². The molecule has 0 spiro atoms. The molecule has 6 heteroatoms. The highest BCUT2D eigenvalue weighted by molar-refractivity contribution is 7.92. The fourth-order valence-electron chi connectivity index (χ4n) is 2.29. The number of aliphatic hydroxyl groups is 1. The maximum absolute atomic E-state index is 13.7. The van der Waals surface area contributed by atoms with Crippen LogP contribution in [0.4, 0.5) is 10.1 Å². The fraction of sp³-hybridized carbons (Fsp3) is 0.250. The lowest BCUT2D eigenvalue weighted by Crippen LogP contribution is -2.31. The third-order valence-electron chi connectivity index (χ3n) is 3.45. The molecule has 2 aromatic rings. The molecule has 0 aromatic heterocycles. The van der Waals surface area contributed by atoms with Crippen molar-refractivity contribution < 1.29 is 17.9 Å². The van der Waals surface area contributed by atoms with Crippen LogP contribution in [0.3, 0.4) is 0 Å². The van der Waals surface area contributed by atoms with Crippen LogP contribution in [-0.2, 0) is 16.6 Å². The zero-order chi connectivity index (χ0) is 16.3. The summed E-state index contributed by atoms with van der Waals surface area (Å²) < 4.78 is 40.6. The van der Waals surface area contributed by atoms with Gasteiger partial charge in [0.25, 0.3) is 10.0 Å². The van der Waals surface area contributed by atoms with Crippen LogP contribution in [0.5, 0.6) is 0 Å². The Morgan fingerprint density at radius 1 is 1.18 bits per heavy atom. The molecular formula is C16H18FNO3S. The number of aliphatic hydroxyl groups excluding tert-OH is 1. The van der Waals surface area contributed by atoms with E-state index in [1.54, 1.807) is 31.2 Å². The zero-order valence-corrected chi connectivity index (χ0v) is 13.3. The summed E-state index contributed by atoms with van der Waals surface area (Å²) in [6.45, 7) is 3.18. The Kier molecular flexibility index (Phi) is 4.83. The van der Waals surface area contributed by atoms with Crippen LogP contribution in [-0.4, -0.2) is 20.1 Å². The molecule has 0 amide bonds. The molecule has 2 rings (SSSR count). The minimum Gasteiger partial charge on any atom is -0.392 e. The lowest BCUT2D eigenvalue weighted by atomic mass is 10.2. The molecule has 0 aliphatic rings.